The Labute approximate surface area is 340 Å². The number of halogens is 5. The van der Waals surface area contributed by atoms with Crippen molar-refractivity contribution in [1.82, 2.24) is 4.31 Å². The Balaban J connectivity index is 1.40. The van der Waals surface area contributed by atoms with E-state index in [9.17, 15) is 40.0 Å². The number of anilines is 1. The number of amides is 1. The highest BCUT2D eigenvalue weighted by Gasteiger charge is 2.41. The third-order valence-corrected chi connectivity index (χ3v) is 12.4. The molecule has 1 amide bonds. The monoisotopic (exact) mass is 834 g/mol. The van der Waals surface area contributed by atoms with Crippen LogP contribution in [-0.4, -0.2) is 37.7 Å². The minimum Gasteiger partial charge on any atom is -0.488 e. The predicted molar refractivity (Wildman–Crippen MR) is 211 cm³/mol. The van der Waals surface area contributed by atoms with E-state index in [2.05, 4.69) is 0 Å². The van der Waals surface area contributed by atoms with Crippen LogP contribution in [0, 0.1) is 29.1 Å². The molecule has 0 unspecified atom stereocenters. The maximum absolute atomic E-state index is 14.9. The van der Waals surface area contributed by atoms with Crippen molar-refractivity contribution in [1.29, 1.82) is 0 Å². The summed E-state index contributed by atoms with van der Waals surface area (Å²) in [6.07, 6.45) is 5.26. The van der Waals surface area contributed by atoms with Crippen molar-refractivity contribution >= 4 is 27.6 Å². The van der Waals surface area contributed by atoms with Crippen LogP contribution in [0.5, 0.6) is 5.75 Å². The fraction of sp³-hybridized carbons (Fsp3) is 0.289. The number of carbonyl (C=O) groups excluding carboxylic acids is 2. The Hall–Kier alpha value is -5.60. The van der Waals surface area contributed by atoms with Gasteiger partial charge in [-0.05, 0) is 59.6 Å². The van der Waals surface area contributed by atoms with Crippen molar-refractivity contribution < 1.29 is 49.4 Å². The van der Waals surface area contributed by atoms with Gasteiger partial charge < -0.3 is 14.4 Å². The fourth-order valence-electron chi connectivity index (χ4n) is 7.20. The van der Waals surface area contributed by atoms with Crippen LogP contribution in [0.15, 0.2) is 108 Å². The molecule has 0 N–H and O–H groups in total. The molecule has 0 saturated heterocycles. The topological polar surface area (TPSA) is 93.2 Å². The molecule has 1 aliphatic rings. The molecular formula is C45H43F5N2O6S. The van der Waals surface area contributed by atoms with E-state index in [4.69, 9.17) is 9.47 Å². The van der Waals surface area contributed by atoms with E-state index in [1.54, 1.807) is 24.3 Å². The molecule has 8 nitrogen and oxygen atoms in total. The second kappa shape index (κ2) is 19.0. The number of nitrogens with zero attached hydrogens (tertiary/aromatic N) is 2. The Morgan fingerprint density at radius 1 is 0.712 bits per heavy atom. The molecule has 5 aromatic carbocycles. The standard InChI is InChI=1S/C45H43F5N2O6S/c1-3-36(51(2)59(55,56)43-41(49)39(47)38(46)40(48)42(43)50)44(53)52(26-29-19-21-33(22-20-29)32-17-11-6-12-18-32)34-23-24-35(45(54)58-28-31-15-9-5-10-16-31)37(25-34)57-27-30-13-7-4-8-14-30/h4-5,7-10,13-16,19-25,32,36H,3,6,11-12,17-18,26-28H2,1-2H3/t36-/m0/s1. The summed E-state index contributed by atoms with van der Waals surface area (Å²) >= 11 is 0. The van der Waals surface area contributed by atoms with Crippen LogP contribution in [0.3, 0.4) is 0 Å². The van der Waals surface area contributed by atoms with E-state index in [0.717, 1.165) is 49.4 Å². The zero-order valence-corrected chi connectivity index (χ0v) is 33.3. The Morgan fingerprint density at radius 2 is 1.27 bits per heavy atom. The van der Waals surface area contributed by atoms with Gasteiger partial charge in [-0.25, -0.2) is 35.2 Å². The van der Waals surface area contributed by atoms with E-state index >= 15 is 0 Å². The molecule has 0 radical (unpaired) electrons. The maximum atomic E-state index is 14.9. The molecule has 1 fully saturated rings. The summed E-state index contributed by atoms with van der Waals surface area (Å²) in [6.45, 7) is 1.26. The zero-order valence-electron chi connectivity index (χ0n) is 32.5. The molecule has 1 saturated carbocycles. The highest BCUT2D eigenvalue weighted by atomic mass is 32.2. The predicted octanol–water partition coefficient (Wildman–Crippen LogP) is 10.00. The van der Waals surface area contributed by atoms with Crippen molar-refractivity contribution in [3.8, 4) is 5.75 Å². The van der Waals surface area contributed by atoms with Gasteiger partial charge >= 0.3 is 5.97 Å². The molecule has 0 spiro atoms. The first-order valence-corrected chi connectivity index (χ1v) is 20.7. The van der Waals surface area contributed by atoms with Gasteiger partial charge in [0.15, 0.2) is 28.2 Å². The molecule has 0 aliphatic heterocycles. The van der Waals surface area contributed by atoms with Gasteiger partial charge in [-0.3, -0.25) is 4.79 Å². The average molecular weight is 835 g/mol. The summed E-state index contributed by atoms with van der Waals surface area (Å²) in [6, 6.07) is 28.3. The lowest BCUT2D eigenvalue weighted by atomic mass is 9.84. The van der Waals surface area contributed by atoms with E-state index in [1.165, 1.54) is 36.4 Å². The largest absolute Gasteiger partial charge is 0.488 e. The average Bonchev–Trinajstić information content (AvgIpc) is 3.26. The molecule has 310 valence electrons. The van der Waals surface area contributed by atoms with Crippen LogP contribution in [0.2, 0.25) is 0 Å². The van der Waals surface area contributed by atoms with Crippen molar-refractivity contribution in [2.24, 2.45) is 0 Å². The Kier molecular flexibility index (Phi) is 13.8. The van der Waals surface area contributed by atoms with Crippen LogP contribution >= 0.6 is 0 Å². The van der Waals surface area contributed by atoms with Gasteiger partial charge in [0.25, 0.3) is 0 Å². The first-order chi connectivity index (χ1) is 28.3. The van der Waals surface area contributed by atoms with Crippen LogP contribution < -0.4 is 9.64 Å². The third-order valence-electron chi connectivity index (χ3n) is 10.5. The quantitative estimate of drug-likeness (QED) is 0.0452. The number of hydrogen-bond donors (Lipinski definition) is 0. The molecule has 1 atom stereocenters. The molecule has 0 heterocycles. The first kappa shape index (κ1) is 43.0. The lowest BCUT2D eigenvalue weighted by molar-refractivity contribution is -0.122. The lowest BCUT2D eigenvalue weighted by Gasteiger charge is -2.32. The first-order valence-electron chi connectivity index (χ1n) is 19.2. The lowest BCUT2D eigenvalue weighted by Crippen LogP contribution is -2.49. The third kappa shape index (κ3) is 9.66. The van der Waals surface area contributed by atoms with Crippen LogP contribution in [0.25, 0.3) is 0 Å². The number of benzene rings is 5. The SMILES string of the molecule is CC[C@@H](C(=O)N(Cc1ccc(C2CCCCC2)cc1)c1ccc(C(=O)OCc2ccccc2)c(OCc2ccccc2)c1)N(C)S(=O)(=O)c1c(F)c(F)c(F)c(F)c1F. The highest BCUT2D eigenvalue weighted by molar-refractivity contribution is 7.89. The number of rotatable bonds is 15. The number of hydrogen-bond acceptors (Lipinski definition) is 6. The van der Waals surface area contributed by atoms with E-state index in [-0.39, 0.29) is 43.2 Å². The van der Waals surface area contributed by atoms with E-state index in [1.807, 2.05) is 60.7 Å². The molecule has 1 aliphatic carbocycles. The van der Waals surface area contributed by atoms with Gasteiger partial charge in [0.2, 0.25) is 21.7 Å². The fourth-order valence-corrected chi connectivity index (χ4v) is 8.70. The molecule has 0 bridgehead atoms. The van der Waals surface area contributed by atoms with Crippen LogP contribution in [-0.2, 0) is 39.3 Å². The Morgan fingerprint density at radius 3 is 1.85 bits per heavy atom. The minimum atomic E-state index is -5.52. The van der Waals surface area contributed by atoms with Crippen molar-refractivity contribution in [3.63, 3.8) is 0 Å². The number of sulfonamides is 1. The van der Waals surface area contributed by atoms with Gasteiger partial charge in [-0.2, -0.15) is 4.31 Å². The summed E-state index contributed by atoms with van der Waals surface area (Å²) in [4.78, 5) is 27.4. The maximum Gasteiger partial charge on any atom is 0.342 e. The van der Waals surface area contributed by atoms with E-state index in [0.29, 0.717) is 15.8 Å². The van der Waals surface area contributed by atoms with Gasteiger partial charge in [0.05, 0.1) is 6.54 Å². The number of likely N-dealkylation sites (N-methyl/N-ethyl adjacent to an activating group) is 1. The number of carbonyl (C=O) groups is 2. The highest BCUT2D eigenvalue weighted by Crippen LogP contribution is 2.35. The van der Waals surface area contributed by atoms with Crippen molar-refractivity contribution in [3.05, 3.63) is 160 Å². The molecule has 59 heavy (non-hydrogen) atoms. The van der Waals surface area contributed by atoms with Gasteiger partial charge in [0.1, 0.15) is 30.6 Å². The van der Waals surface area contributed by atoms with Crippen molar-refractivity contribution in [2.45, 2.75) is 82.1 Å². The minimum absolute atomic E-state index is 0.0142. The number of esters is 1. The van der Waals surface area contributed by atoms with E-state index < -0.39 is 61.9 Å². The Bertz CT molecular complexity index is 2350. The molecule has 5 aromatic rings. The van der Waals surface area contributed by atoms with Gasteiger partial charge in [-0.15, -0.1) is 0 Å². The summed E-state index contributed by atoms with van der Waals surface area (Å²) in [7, 11) is -4.69. The number of ether oxygens (including phenoxy) is 2. The van der Waals surface area contributed by atoms with Gasteiger partial charge in [0, 0.05) is 18.8 Å². The zero-order chi connectivity index (χ0) is 42.3. The van der Waals surface area contributed by atoms with Gasteiger partial charge in [-0.1, -0.05) is 111 Å². The van der Waals surface area contributed by atoms with Crippen LogP contribution in [0.1, 0.15) is 84.0 Å². The molecule has 0 aromatic heterocycles. The molecular weight excluding hydrogens is 792 g/mol. The summed E-state index contributed by atoms with van der Waals surface area (Å²) in [5.41, 5.74) is 3.46. The second-order valence-corrected chi connectivity index (χ2v) is 16.3. The van der Waals surface area contributed by atoms with Crippen LogP contribution in [0.4, 0.5) is 27.6 Å². The normalized spacial score (nSPS) is 13.9. The molecule has 6 rings (SSSR count). The summed E-state index contributed by atoms with van der Waals surface area (Å²) in [5.74, 6) is -13.7. The second-order valence-electron chi connectivity index (χ2n) is 14.4. The smallest absolute Gasteiger partial charge is 0.342 e. The molecule has 14 heteroatoms. The summed E-state index contributed by atoms with van der Waals surface area (Å²) in [5, 5.41) is 0. The van der Waals surface area contributed by atoms with Crippen molar-refractivity contribution in [2.75, 3.05) is 11.9 Å². The summed E-state index contributed by atoms with van der Waals surface area (Å²) < 4.78 is 112.